The maximum atomic E-state index is 6.17. The second kappa shape index (κ2) is 12.5. The third kappa shape index (κ3) is 7.43. The number of benzene rings is 2. The molecule has 6 heteroatoms. The molecule has 0 aliphatic heterocycles. The summed E-state index contributed by atoms with van der Waals surface area (Å²) < 4.78 is 12.1. The first-order chi connectivity index (χ1) is 17.1. The molecule has 1 fully saturated rings. The number of nitrogens with one attached hydrogen (secondary N) is 1. The smallest absolute Gasteiger partial charge is 0.227 e. The summed E-state index contributed by atoms with van der Waals surface area (Å²) in [6, 6.07) is 18.2. The third-order valence-electron chi connectivity index (χ3n) is 6.54. The molecule has 0 unspecified atom stereocenters. The summed E-state index contributed by atoms with van der Waals surface area (Å²) in [6.07, 6.45) is 6.54. The van der Waals surface area contributed by atoms with E-state index in [4.69, 9.17) is 14.5 Å². The highest BCUT2D eigenvalue weighted by Crippen LogP contribution is 2.27. The van der Waals surface area contributed by atoms with Crippen LogP contribution in [-0.2, 0) is 0 Å². The van der Waals surface area contributed by atoms with Gasteiger partial charge in [-0.2, -0.15) is 0 Å². The third-order valence-corrected chi connectivity index (χ3v) is 6.54. The summed E-state index contributed by atoms with van der Waals surface area (Å²) in [5, 5.41) is 3.33. The van der Waals surface area contributed by atoms with Crippen molar-refractivity contribution in [2.75, 3.05) is 31.6 Å². The number of ether oxygens (including phenoxy) is 2. The number of likely N-dealkylation sites (N-methyl/N-ethyl adjacent to an activating group) is 1. The fourth-order valence-electron chi connectivity index (χ4n) is 4.45. The van der Waals surface area contributed by atoms with Crippen LogP contribution in [0.15, 0.2) is 54.6 Å². The van der Waals surface area contributed by atoms with E-state index in [1.807, 2.05) is 49.4 Å². The van der Waals surface area contributed by atoms with Crippen LogP contribution in [0.4, 0.5) is 11.6 Å². The van der Waals surface area contributed by atoms with Gasteiger partial charge in [0, 0.05) is 23.5 Å². The first-order valence-corrected chi connectivity index (χ1v) is 13.0. The van der Waals surface area contributed by atoms with Gasteiger partial charge >= 0.3 is 0 Å². The van der Waals surface area contributed by atoms with Crippen LogP contribution < -0.4 is 14.8 Å². The van der Waals surface area contributed by atoms with E-state index in [2.05, 4.69) is 41.2 Å². The van der Waals surface area contributed by atoms with Crippen molar-refractivity contribution in [3.8, 4) is 22.8 Å². The van der Waals surface area contributed by atoms with E-state index in [-0.39, 0.29) is 0 Å². The Morgan fingerprint density at radius 2 is 1.57 bits per heavy atom. The maximum Gasteiger partial charge on any atom is 0.227 e. The number of hydrogen-bond acceptors (Lipinski definition) is 6. The zero-order valence-electron chi connectivity index (χ0n) is 21.3. The molecule has 1 aromatic heterocycles. The van der Waals surface area contributed by atoms with Gasteiger partial charge in [0.05, 0.1) is 11.8 Å². The fourth-order valence-corrected chi connectivity index (χ4v) is 4.45. The van der Waals surface area contributed by atoms with E-state index < -0.39 is 0 Å². The van der Waals surface area contributed by atoms with Gasteiger partial charge in [-0.05, 0) is 100 Å². The van der Waals surface area contributed by atoms with Crippen LogP contribution in [-0.4, -0.2) is 47.2 Å². The Labute approximate surface area is 209 Å². The minimum absolute atomic E-state index is 0.353. The molecule has 0 atom stereocenters. The van der Waals surface area contributed by atoms with Gasteiger partial charge < -0.3 is 19.7 Å². The molecule has 1 heterocycles. The van der Waals surface area contributed by atoms with Crippen LogP contribution in [0.1, 0.15) is 51.6 Å². The molecule has 35 heavy (non-hydrogen) atoms. The van der Waals surface area contributed by atoms with Crippen molar-refractivity contribution < 1.29 is 9.47 Å². The number of rotatable bonds is 11. The summed E-state index contributed by atoms with van der Waals surface area (Å²) in [7, 11) is 0. The van der Waals surface area contributed by atoms with Crippen LogP contribution >= 0.6 is 0 Å². The number of aromatic nitrogens is 2. The second-order valence-electron chi connectivity index (χ2n) is 9.15. The Morgan fingerprint density at radius 3 is 2.26 bits per heavy atom. The van der Waals surface area contributed by atoms with Crippen molar-refractivity contribution in [3.05, 3.63) is 60.3 Å². The molecule has 0 bridgehead atoms. The standard InChI is InChI=1S/C29H38N4O2/c1-4-33(5-2)19-20-34-25-17-13-24(14-18-25)31-29-30-22(3)21-28(32-29)23-11-15-27(16-12-23)35-26-9-7-6-8-10-26/h11-18,21,26H,4-10,19-20H2,1-3H3,(H,30,31,32). The Balaban J connectivity index is 1.36. The van der Waals surface area contributed by atoms with E-state index >= 15 is 0 Å². The van der Waals surface area contributed by atoms with E-state index in [1.165, 1.54) is 19.3 Å². The van der Waals surface area contributed by atoms with E-state index in [0.717, 1.165) is 66.6 Å². The summed E-state index contributed by atoms with van der Waals surface area (Å²) in [5.41, 5.74) is 3.78. The Kier molecular flexibility index (Phi) is 8.96. The van der Waals surface area contributed by atoms with Crippen LogP contribution in [0.3, 0.4) is 0 Å². The van der Waals surface area contributed by atoms with Gasteiger partial charge in [0.25, 0.3) is 0 Å². The van der Waals surface area contributed by atoms with E-state index in [0.29, 0.717) is 18.7 Å². The summed E-state index contributed by atoms with van der Waals surface area (Å²) in [5.74, 6) is 2.38. The first-order valence-electron chi connectivity index (χ1n) is 13.0. The molecular formula is C29H38N4O2. The number of anilines is 2. The van der Waals surface area contributed by atoms with Crippen LogP contribution in [0.25, 0.3) is 11.3 Å². The predicted octanol–water partition coefficient (Wildman–Crippen LogP) is 6.63. The van der Waals surface area contributed by atoms with Gasteiger partial charge in [-0.25, -0.2) is 9.97 Å². The van der Waals surface area contributed by atoms with Crippen molar-refractivity contribution in [3.63, 3.8) is 0 Å². The molecule has 4 rings (SSSR count). The first kappa shape index (κ1) is 25.0. The zero-order chi connectivity index (χ0) is 24.5. The molecule has 1 aliphatic carbocycles. The van der Waals surface area contributed by atoms with Gasteiger partial charge in [0.15, 0.2) is 0 Å². The maximum absolute atomic E-state index is 6.17. The zero-order valence-corrected chi connectivity index (χ0v) is 21.3. The van der Waals surface area contributed by atoms with Crippen molar-refractivity contribution in [2.24, 2.45) is 0 Å². The van der Waals surface area contributed by atoms with Crippen molar-refractivity contribution in [1.29, 1.82) is 0 Å². The molecule has 0 radical (unpaired) electrons. The Hall–Kier alpha value is -3.12. The average Bonchev–Trinajstić information content (AvgIpc) is 2.88. The lowest BCUT2D eigenvalue weighted by molar-refractivity contribution is 0.155. The average molecular weight is 475 g/mol. The predicted molar refractivity (Wildman–Crippen MR) is 143 cm³/mol. The Morgan fingerprint density at radius 1 is 0.886 bits per heavy atom. The number of aryl methyl sites for hydroxylation is 1. The van der Waals surface area contributed by atoms with E-state index in [9.17, 15) is 0 Å². The van der Waals surface area contributed by atoms with Crippen LogP contribution in [0.5, 0.6) is 11.5 Å². The topological polar surface area (TPSA) is 59.5 Å². The largest absolute Gasteiger partial charge is 0.492 e. The quantitative estimate of drug-likeness (QED) is 0.337. The number of hydrogen-bond donors (Lipinski definition) is 1. The minimum Gasteiger partial charge on any atom is -0.492 e. The van der Waals surface area contributed by atoms with Crippen LogP contribution in [0.2, 0.25) is 0 Å². The summed E-state index contributed by atoms with van der Waals surface area (Å²) in [4.78, 5) is 11.7. The van der Waals surface area contributed by atoms with Crippen LogP contribution in [0, 0.1) is 6.92 Å². The highest BCUT2D eigenvalue weighted by Gasteiger charge is 2.15. The molecule has 1 N–H and O–H groups in total. The molecule has 0 saturated heterocycles. The SMILES string of the molecule is CCN(CC)CCOc1ccc(Nc2nc(C)cc(-c3ccc(OC4CCCCC4)cc3)n2)cc1. The van der Waals surface area contributed by atoms with Gasteiger partial charge in [-0.1, -0.05) is 20.3 Å². The Bertz CT molecular complexity index is 1040. The highest BCUT2D eigenvalue weighted by molar-refractivity contribution is 5.63. The highest BCUT2D eigenvalue weighted by atomic mass is 16.5. The van der Waals surface area contributed by atoms with Gasteiger partial charge in [0.1, 0.15) is 18.1 Å². The molecule has 186 valence electrons. The number of nitrogens with zero attached hydrogens (tertiary/aromatic N) is 3. The van der Waals surface area contributed by atoms with Crippen molar-refractivity contribution in [2.45, 2.75) is 59.0 Å². The molecule has 2 aromatic carbocycles. The molecule has 3 aromatic rings. The lowest BCUT2D eigenvalue weighted by atomic mass is 9.98. The van der Waals surface area contributed by atoms with Gasteiger partial charge in [-0.3, -0.25) is 0 Å². The second-order valence-corrected chi connectivity index (χ2v) is 9.15. The normalized spacial score (nSPS) is 14.2. The van der Waals surface area contributed by atoms with E-state index in [1.54, 1.807) is 0 Å². The molecule has 0 amide bonds. The molecule has 1 aliphatic rings. The summed E-state index contributed by atoms with van der Waals surface area (Å²) >= 11 is 0. The summed E-state index contributed by atoms with van der Waals surface area (Å²) in [6.45, 7) is 10.0. The monoisotopic (exact) mass is 474 g/mol. The molecule has 0 spiro atoms. The lowest BCUT2D eigenvalue weighted by Crippen LogP contribution is -2.27. The molecular weight excluding hydrogens is 436 g/mol. The fraction of sp³-hybridized carbons (Fsp3) is 0.448. The molecule has 1 saturated carbocycles. The lowest BCUT2D eigenvalue weighted by Gasteiger charge is -2.23. The van der Waals surface area contributed by atoms with Gasteiger partial charge in [0.2, 0.25) is 5.95 Å². The van der Waals surface area contributed by atoms with Gasteiger partial charge in [-0.15, -0.1) is 0 Å². The minimum atomic E-state index is 0.353. The van der Waals surface area contributed by atoms with Crippen molar-refractivity contribution >= 4 is 11.6 Å². The molecule has 6 nitrogen and oxygen atoms in total. The van der Waals surface area contributed by atoms with Crippen molar-refractivity contribution in [1.82, 2.24) is 14.9 Å².